The molecule has 0 spiro atoms. The van der Waals surface area contributed by atoms with Gasteiger partial charge >= 0.3 is 0 Å². The van der Waals surface area contributed by atoms with Crippen LogP contribution in [0.3, 0.4) is 0 Å². The van der Waals surface area contributed by atoms with Gasteiger partial charge in [0.05, 0.1) is 11.4 Å². The zero-order valence-corrected chi connectivity index (χ0v) is 18.0. The summed E-state index contributed by atoms with van der Waals surface area (Å²) in [5.74, 6) is -1.07. The predicted octanol–water partition coefficient (Wildman–Crippen LogP) is 4.25. The average molecular weight is 458 g/mol. The zero-order chi connectivity index (χ0) is 23.2. The number of Topliss-reactive ketones (excluding diaryl/α,β-unsaturated/α-hetero) is 1. The monoisotopic (exact) mass is 458 g/mol. The van der Waals surface area contributed by atoms with Gasteiger partial charge < -0.3 is 10.2 Å². The maximum Gasteiger partial charge on any atom is 0.265 e. The Balaban J connectivity index is 1.77. The number of fused-ring (bicyclic) bond motifs is 2. The van der Waals surface area contributed by atoms with Gasteiger partial charge in [0.1, 0.15) is 17.0 Å². The molecule has 0 saturated carbocycles. The van der Waals surface area contributed by atoms with E-state index >= 15 is 0 Å². The maximum absolute atomic E-state index is 13.7. The molecular formula is C25H18N2O5S. The SMILES string of the molecule is O=C1C(=C(O)c2ccccc2)N(Cc2ccc(O)c3ncccc23)S(=O)(=O)c2ccccc21. The fourth-order valence-corrected chi connectivity index (χ4v) is 5.64. The predicted molar refractivity (Wildman–Crippen MR) is 123 cm³/mol. The number of aliphatic hydroxyl groups excluding tert-OH is 1. The van der Waals surface area contributed by atoms with Crippen molar-refractivity contribution in [2.75, 3.05) is 0 Å². The Labute approximate surface area is 189 Å². The summed E-state index contributed by atoms with van der Waals surface area (Å²) in [6, 6.07) is 20.7. The van der Waals surface area contributed by atoms with Crippen LogP contribution >= 0.6 is 0 Å². The molecule has 1 aliphatic rings. The van der Waals surface area contributed by atoms with E-state index in [1.54, 1.807) is 60.7 Å². The molecule has 0 aliphatic carbocycles. The zero-order valence-electron chi connectivity index (χ0n) is 17.2. The summed E-state index contributed by atoms with van der Waals surface area (Å²) in [6.45, 7) is -0.239. The number of aromatic nitrogens is 1. The Morgan fingerprint density at radius 3 is 2.42 bits per heavy atom. The first-order valence-corrected chi connectivity index (χ1v) is 11.5. The van der Waals surface area contributed by atoms with Crippen LogP contribution in [0.1, 0.15) is 21.5 Å². The van der Waals surface area contributed by atoms with Crippen molar-refractivity contribution in [2.45, 2.75) is 11.4 Å². The normalized spacial score (nSPS) is 16.5. The minimum Gasteiger partial charge on any atom is -0.506 e. The molecule has 1 aliphatic heterocycles. The van der Waals surface area contributed by atoms with Crippen molar-refractivity contribution in [1.82, 2.24) is 9.29 Å². The van der Waals surface area contributed by atoms with Crippen LogP contribution in [-0.4, -0.2) is 33.7 Å². The van der Waals surface area contributed by atoms with Crippen molar-refractivity contribution in [1.29, 1.82) is 0 Å². The van der Waals surface area contributed by atoms with Gasteiger partial charge in [-0.15, -0.1) is 0 Å². The second kappa shape index (κ2) is 7.75. The van der Waals surface area contributed by atoms with E-state index in [9.17, 15) is 23.4 Å². The number of allylic oxidation sites excluding steroid dienone is 1. The van der Waals surface area contributed by atoms with Crippen LogP contribution in [-0.2, 0) is 16.6 Å². The van der Waals surface area contributed by atoms with E-state index in [2.05, 4.69) is 4.98 Å². The number of phenolic OH excluding ortho intramolecular Hbond substituents is 1. The van der Waals surface area contributed by atoms with Crippen LogP contribution in [0.4, 0.5) is 0 Å². The third-order valence-electron chi connectivity index (χ3n) is 5.59. The highest BCUT2D eigenvalue weighted by Gasteiger charge is 2.41. The summed E-state index contributed by atoms with van der Waals surface area (Å²) >= 11 is 0. The molecule has 0 atom stereocenters. The summed E-state index contributed by atoms with van der Waals surface area (Å²) in [4.78, 5) is 17.5. The first-order valence-electron chi connectivity index (χ1n) is 10.1. The van der Waals surface area contributed by atoms with Gasteiger partial charge in [-0.1, -0.05) is 54.6 Å². The number of phenols is 1. The van der Waals surface area contributed by atoms with Crippen molar-refractivity contribution in [3.8, 4) is 5.75 Å². The van der Waals surface area contributed by atoms with Crippen LogP contribution < -0.4 is 0 Å². The van der Waals surface area contributed by atoms with E-state index in [0.717, 1.165) is 4.31 Å². The van der Waals surface area contributed by atoms with Crippen molar-refractivity contribution < 1.29 is 23.4 Å². The maximum atomic E-state index is 13.7. The fourth-order valence-electron chi connectivity index (χ4n) is 3.99. The molecule has 2 heterocycles. The number of nitrogens with zero attached hydrogens (tertiary/aromatic N) is 2. The Morgan fingerprint density at radius 2 is 1.64 bits per heavy atom. The van der Waals surface area contributed by atoms with Gasteiger partial charge in [-0.3, -0.25) is 14.1 Å². The highest BCUT2D eigenvalue weighted by atomic mass is 32.2. The number of benzene rings is 3. The molecule has 164 valence electrons. The third kappa shape index (κ3) is 3.32. The average Bonchev–Trinajstić information content (AvgIpc) is 2.84. The highest BCUT2D eigenvalue weighted by Crippen LogP contribution is 2.37. The van der Waals surface area contributed by atoms with Crippen LogP contribution in [0, 0.1) is 0 Å². The second-order valence-corrected chi connectivity index (χ2v) is 9.37. The van der Waals surface area contributed by atoms with Gasteiger partial charge in [0.15, 0.2) is 5.76 Å². The first kappa shape index (κ1) is 20.7. The van der Waals surface area contributed by atoms with Crippen LogP contribution in [0.5, 0.6) is 5.75 Å². The molecule has 0 saturated heterocycles. The molecule has 8 heteroatoms. The first-order chi connectivity index (χ1) is 15.9. The molecule has 0 fully saturated rings. The Kier molecular flexibility index (Phi) is 4.87. The van der Waals surface area contributed by atoms with Gasteiger partial charge in [0.25, 0.3) is 10.0 Å². The minimum absolute atomic E-state index is 0.00321. The lowest BCUT2D eigenvalue weighted by molar-refractivity contribution is 0.0997. The number of hydrogen-bond donors (Lipinski definition) is 2. The molecular weight excluding hydrogens is 440 g/mol. The molecule has 2 N–H and O–H groups in total. The quantitative estimate of drug-likeness (QED) is 0.351. The molecule has 0 unspecified atom stereocenters. The van der Waals surface area contributed by atoms with E-state index in [1.807, 2.05) is 0 Å². The van der Waals surface area contributed by atoms with Crippen molar-refractivity contribution in [3.05, 3.63) is 107 Å². The van der Waals surface area contributed by atoms with Crippen LogP contribution in [0.15, 0.2) is 95.7 Å². The summed E-state index contributed by atoms with van der Waals surface area (Å²) in [6.07, 6.45) is 1.52. The molecule has 1 aromatic heterocycles. The van der Waals surface area contributed by atoms with E-state index in [1.165, 1.54) is 24.4 Å². The number of ketones is 1. The van der Waals surface area contributed by atoms with Crippen LogP contribution in [0.2, 0.25) is 0 Å². The molecule has 7 nitrogen and oxygen atoms in total. The minimum atomic E-state index is -4.18. The van der Waals surface area contributed by atoms with E-state index < -0.39 is 21.6 Å². The van der Waals surface area contributed by atoms with E-state index in [4.69, 9.17) is 0 Å². The molecule has 3 aromatic carbocycles. The molecule has 4 aromatic rings. The van der Waals surface area contributed by atoms with Gasteiger partial charge in [-0.25, -0.2) is 8.42 Å². The fraction of sp³-hybridized carbons (Fsp3) is 0.0400. The van der Waals surface area contributed by atoms with Crippen molar-refractivity contribution >= 4 is 32.5 Å². The smallest absolute Gasteiger partial charge is 0.265 e. The van der Waals surface area contributed by atoms with E-state index in [-0.39, 0.29) is 28.5 Å². The summed E-state index contributed by atoms with van der Waals surface area (Å²) in [5.41, 5.74) is 0.824. The number of hydrogen-bond acceptors (Lipinski definition) is 6. The Bertz CT molecular complexity index is 1550. The standard InChI is InChI=1S/C25H18N2O5S/c28-20-13-12-17(18-10-6-14-26-22(18)20)15-27-23(24(29)16-7-2-1-3-8-16)25(30)19-9-4-5-11-21(19)33(27,31)32/h1-14,28-29H,15H2. The van der Waals surface area contributed by atoms with Crippen molar-refractivity contribution in [2.24, 2.45) is 0 Å². The highest BCUT2D eigenvalue weighted by molar-refractivity contribution is 7.89. The number of aromatic hydroxyl groups is 1. The number of pyridine rings is 1. The molecule has 0 amide bonds. The molecule has 0 bridgehead atoms. The van der Waals surface area contributed by atoms with E-state index in [0.29, 0.717) is 22.0 Å². The Morgan fingerprint density at radius 1 is 0.909 bits per heavy atom. The molecule has 5 rings (SSSR count). The number of rotatable bonds is 3. The molecule has 0 radical (unpaired) electrons. The lowest BCUT2D eigenvalue weighted by atomic mass is 10.0. The number of carbonyl (C=O) groups excluding carboxylic acids is 1. The lowest BCUT2D eigenvalue weighted by Crippen LogP contribution is -2.39. The van der Waals surface area contributed by atoms with Crippen LogP contribution in [0.25, 0.3) is 16.7 Å². The van der Waals surface area contributed by atoms with Gasteiger partial charge in [-0.2, -0.15) is 0 Å². The third-order valence-corrected chi connectivity index (χ3v) is 7.39. The van der Waals surface area contributed by atoms with Gasteiger partial charge in [0, 0.05) is 22.7 Å². The van der Waals surface area contributed by atoms with Gasteiger partial charge in [0.2, 0.25) is 5.78 Å². The van der Waals surface area contributed by atoms with Crippen molar-refractivity contribution in [3.63, 3.8) is 0 Å². The number of carbonyl (C=O) groups is 1. The molecule has 33 heavy (non-hydrogen) atoms. The largest absolute Gasteiger partial charge is 0.506 e. The number of aliphatic hydroxyl groups is 1. The van der Waals surface area contributed by atoms with Gasteiger partial charge in [-0.05, 0) is 29.8 Å². The second-order valence-electron chi connectivity index (χ2n) is 7.54. The topological polar surface area (TPSA) is 108 Å². The summed E-state index contributed by atoms with van der Waals surface area (Å²) < 4.78 is 28.3. The number of sulfonamides is 1. The summed E-state index contributed by atoms with van der Waals surface area (Å²) in [5, 5.41) is 21.8. The summed E-state index contributed by atoms with van der Waals surface area (Å²) in [7, 11) is -4.18. The Hall–Kier alpha value is -4.17. The lowest BCUT2D eigenvalue weighted by Gasteiger charge is -2.32.